The highest BCUT2D eigenvalue weighted by atomic mass is 35.5. The number of thioether (sulfide) groups is 1. The van der Waals surface area contributed by atoms with Gasteiger partial charge in [-0.25, -0.2) is 4.98 Å². The van der Waals surface area contributed by atoms with Crippen molar-refractivity contribution in [2.45, 2.75) is 31.8 Å². The van der Waals surface area contributed by atoms with Gasteiger partial charge in [-0.3, -0.25) is 4.79 Å². The molecule has 0 unspecified atom stereocenters. The molecule has 0 saturated carbocycles. The Labute approximate surface area is 156 Å². The molecule has 25 heavy (non-hydrogen) atoms. The van der Waals surface area contributed by atoms with Crippen molar-refractivity contribution < 1.29 is 4.79 Å². The number of amides is 1. The van der Waals surface area contributed by atoms with E-state index >= 15 is 0 Å². The molecule has 0 aliphatic rings. The zero-order valence-corrected chi connectivity index (χ0v) is 16.0. The van der Waals surface area contributed by atoms with Crippen molar-refractivity contribution in [3.63, 3.8) is 0 Å². The molecule has 2 N–H and O–H groups in total. The number of hydrogen-bond donors (Lipinski definition) is 2. The minimum Gasteiger partial charge on any atom is -0.333 e. The fourth-order valence-electron chi connectivity index (χ4n) is 2.68. The Morgan fingerprint density at radius 3 is 2.88 bits per heavy atom. The highest BCUT2D eigenvalue weighted by Gasteiger charge is 2.13. The molecule has 1 heterocycles. The zero-order chi connectivity index (χ0) is 18.0. The van der Waals surface area contributed by atoms with Gasteiger partial charge in [0.05, 0.1) is 16.8 Å². The maximum absolute atomic E-state index is 12.4. The van der Waals surface area contributed by atoms with Gasteiger partial charge in [-0.1, -0.05) is 55.4 Å². The minimum absolute atomic E-state index is 0.0420. The van der Waals surface area contributed by atoms with Crippen LogP contribution in [0.5, 0.6) is 0 Å². The Morgan fingerprint density at radius 2 is 2.12 bits per heavy atom. The van der Waals surface area contributed by atoms with E-state index in [0.717, 1.165) is 27.8 Å². The van der Waals surface area contributed by atoms with E-state index in [-0.39, 0.29) is 5.91 Å². The first-order valence-electron chi connectivity index (χ1n) is 8.11. The van der Waals surface area contributed by atoms with Crippen molar-refractivity contribution in [3.8, 4) is 0 Å². The highest BCUT2D eigenvalue weighted by molar-refractivity contribution is 7.99. The predicted octanol–water partition coefficient (Wildman–Crippen LogP) is 5.38. The van der Waals surface area contributed by atoms with Crippen LogP contribution in [-0.4, -0.2) is 21.6 Å². The topological polar surface area (TPSA) is 57.8 Å². The Morgan fingerprint density at radius 1 is 1.32 bits per heavy atom. The third kappa shape index (κ3) is 4.17. The Hall–Kier alpha value is -1.98. The van der Waals surface area contributed by atoms with Gasteiger partial charge in [-0.15, -0.1) is 0 Å². The average molecular weight is 374 g/mol. The molecule has 6 heteroatoms. The third-order valence-corrected chi connectivity index (χ3v) is 5.06. The maximum Gasteiger partial charge on any atom is 0.234 e. The molecule has 0 aliphatic heterocycles. The van der Waals surface area contributed by atoms with E-state index in [1.54, 1.807) is 6.07 Å². The van der Waals surface area contributed by atoms with E-state index in [2.05, 4.69) is 35.2 Å². The van der Waals surface area contributed by atoms with E-state index in [1.165, 1.54) is 11.8 Å². The van der Waals surface area contributed by atoms with Gasteiger partial charge in [-0.2, -0.15) is 0 Å². The van der Waals surface area contributed by atoms with Crippen LogP contribution in [-0.2, 0) is 4.79 Å². The molecule has 0 atom stereocenters. The summed E-state index contributed by atoms with van der Waals surface area (Å²) in [4.78, 5) is 20.0. The van der Waals surface area contributed by atoms with Gasteiger partial charge < -0.3 is 10.3 Å². The van der Waals surface area contributed by atoms with Gasteiger partial charge in [0.1, 0.15) is 0 Å². The van der Waals surface area contributed by atoms with Crippen LogP contribution in [0.3, 0.4) is 0 Å². The second-order valence-electron chi connectivity index (χ2n) is 6.23. The fraction of sp³-hybridized carbons (Fsp3) is 0.263. The molecule has 2 aromatic carbocycles. The van der Waals surface area contributed by atoms with Crippen molar-refractivity contribution in [1.82, 2.24) is 9.97 Å². The summed E-state index contributed by atoms with van der Waals surface area (Å²) in [5.41, 5.74) is 4.85. The molecule has 0 fully saturated rings. The van der Waals surface area contributed by atoms with Gasteiger partial charge in [-0.05, 0) is 42.2 Å². The number of hydrogen-bond acceptors (Lipinski definition) is 3. The highest BCUT2D eigenvalue weighted by Crippen LogP contribution is 2.28. The maximum atomic E-state index is 12.4. The average Bonchev–Trinajstić information content (AvgIpc) is 2.96. The van der Waals surface area contributed by atoms with Crippen molar-refractivity contribution in [2.24, 2.45) is 0 Å². The molecule has 0 spiro atoms. The summed E-state index contributed by atoms with van der Waals surface area (Å²) >= 11 is 7.36. The van der Waals surface area contributed by atoms with E-state index in [0.29, 0.717) is 21.8 Å². The van der Waals surface area contributed by atoms with Crippen LogP contribution < -0.4 is 5.32 Å². The number of aromatic nitrogens is 2. The van der Waals surface area contributed by atoms with Crippen LogP contribution in [0.4, 0.5) is 5.69 Å². The number of rotatable bonds is 5. The lowest BCUT2D eigenvalue weighted by molar-refractivity contribution is -0.113. The molecular weight excluding hydrogens is 354 g/mol. The molecule has 3 aromatic rings. The van der Waals surface area contributed by atoms with Crippen LogP contribution in [0.2, 0.25) is 5.02 Å². The molecular formula is C19H20ClN3OS. The number of carbonyl (C=O) groups is 1. The molecule has 0 aliphatic carbocycles. The number of H-pyrrole nitrogens is 1. The molecule has 130 valence electrons. The third-order valence-electron chi connectivity index (χ3n) is 3.95. The lowest BCUT2D eigenvalue weighted by atomic mass is 9.98. The quantitative estimate of drug-likeness (QED) is 0.590. The fourth-order valence-corrected chi connectivity index (χ4v) is 3.54. The monoisotopic (exact) mass is 373 g/mol. The van der Waals surface area contributed by atoms with Crippen LogP contribution >= 0.6 is 23.4 Å². The number of nitrogens with zero attached hydrogens (tertiary/aromatic N) is 1. The van der Waals surface area contributed by atoms with Crippen molar-refractivity contribution >= 4 is 46.0 Å². The van der Waals surface area contributed by atoms with Crippen LogP contribution in [0, 0.1) is 6.92 Å². The van der Waals surface area contributed by atoms with Gasteiger partial charge in [0.2, 0.25) is 5.91 Å². The predicted molar refractivity (Wildman–Crippen MR) is 106 cm³/mol. The molecule has 1 amide bonds. The number of aromatic amines is 1. The Kier molecular flexibility index (Phi) is 5.35. The molecule has 0 bridgehead atoms. The van der Waals surface area contributed by atoms with Crippen molar-refractivity contribution in [3.05, 3.63) is 52.5 Å². The number of anilines is 1. The second-order valence-corrected chi connectivity index (χ2v) is 7.63. The smallest absolute Gasteiger partial charge is 0.234 e. The summed E-state index contributed by atoms with van der Waals surface area (Å²) in [7, 11) is 0. The normalized spacial score (nSPS) is 11.2. The second kappa shape index (κ2) is 7.50. The van der Waals surface area contributed by atoms with E-state index < -0.39 is 0 Å². The minimum atomic E-state index is -0.0420. The van der Waals surface area contributed by atoms with E-state index in [1.807, 2.05) is 31.2 Å². The van der Waals surface area contributed by atoms with Crippen LogP contribution in [0.15, 0.2) is 41.6 Å². The summed E-state index contributed by atoms with van der Waals surface area (Å²) < 4.78 is 0. The zero-order valence-electron chi connectivity index (χ0n) is 14.4. The van der Waals surface area contributed by atoms with E-state index in [4.69, 9.17) is 11.6 Å². The summed E-state index contributed by atoms with van der Waals surface area (Å²) in [6.07, 6.45) is 0. The summed E-state index contributed by atoms with van der Waals surface area (Å²) in [6, 6.07) is 11.6. The lowest BCUT2D eigenvalue weighted by Crippen LogP contribution is -2.16. The number of nitrogens with one attached hydrogen (secondary N) is 2. The SMILES string of the molecule is Cc1cccc(C(C)C)c1NC(=O)CSc1nc2ccc(Cl)cc2[nH]1. The van der Waals surface area contributed by atoms with Crippen molar-refractivity contribution in [2.75, 3.05) is 11.1 Å². The van der Waals surface area contributed by atoms with Crippen LogP contribution in [0.25, 0.3) is 11.0 Å². The number of halogens is 1. The van der Waals surface area contributed by atoms with Gasteiger partial charge >= 0.3 is 0 Å². The standard InChI is InChI=1S/C19H20ClN3OS/c1-11(2)14-6-4-5-12(3)18(14)23-17(24)10-25-19-21-15-8-7-13(20)9-16(15)22-19/h4-9,11H,10H2,1-3H3,(H,21,22)(H,23,24). The Balaban J connectivity index is 1.69. The largest absolute Gasteiger partial charge is 0.333 e. The summed E-state index contributed by atoms with van der Waals surface area (Å²) in [6.45, 7) is 6.26. The number of carbonyl (C=O) groups excluding carboxylic acids is 1. The Bertz CT molecular complexity index is 920. The van der Waals surface area contributed by atoms with Crippen LogP contribution in [0.1, 0.15) is 30.9 Å². The van der Waals surface area contributed by atoms with Gasteiger partial charge in [0.15, 0.2) is 5.16 Å². The molecule has 0 radical (unpaired) electrons. The molecule has 1 aromatic heterocycles. The van der Waals surface area contributed by atoms with Gasteiger partial charge in [0, 0.05) is 10.7 Å². The van der Waals surface area contributed by atoms with Gasteiger partial charge in [0.25, 0.3) is 0 Å². The number of para-hydroxylation sites is 1. The number of benzene rings is 2. The molecule has 3 rings (SSSR count). The lowest BCUT2D eigenvalue weighted by Gasteiger charge is -2.16. The first-order valence-corrected chi connectivity index (χ1v) is 9.48. The summed E-state index contributed by atoms with van der Waals surface area (Å²) in [5, 5.41) is 4.42. The molecule has 0 saturated heterocycles. The first kappa shape index (κ1) is 17.8. The van der Waals surface area contributed by atoms with Crippen molar-refractivity contribution in [1.29, 1.82) is 0 Å². The number of aryl methyl sites for hydroxylation is 1. The summed E-state index contributed by atoms with van der Waals surface area (Å²) in [5.74, 6) is 0.599. The number of imidazole rings is 1. The number of fused-ring (bicyclic) bond motifs is 1. The van der Waals surface area contributed by atoms with E-state index in [9.17, 15) is 4.79 Å². The first-order chi connectivity index (χ1) is 11.9. The molecule has 4 nitrogen and oxygen atoms in total.